The maximum Gasteiger partial charge on any atom is 0.230 e. The van der Waals surface area contributed by atoms with Crippen molar-refractivity contribution in [1.82, 2.24) is 20.4 Å². The number of amides is 2. The number of benzene rings is 2. The summed E-state index contributed by atoms with van der Waals surface area (Å²) in [6.45, 7) is 3.08. The van der Waals surface area contributed by atoms with Gasteiger partial charge in [-0.3, -0.25) is 19.2 Å². The maximum atomic E-state index is 12.8. The van der Waals surface area contributed by atoms with Gasteiger partial charge in [0, 0.05) is 24.7 Å². The highest BCUT2D eigenvalue weighted by atomic mass is 32.1. The van der Waals surface area contributed by atoms with Crippen LogP contribution in [0.4, 0.5) is 10.3 Å². The molecular formula is C32H34N6O4S2. The molecule has 5 rings (SSSR count). The van der Waals surface area contributed by atoms with E-state index in [-0.39, 0.29) is 48.1 Å². The molecule has 1 saturated carbocycles. The Morgan fingerprint density at radius 1 is 0.636 bits per heavy atom. The van der Waals surface area contributed by atoms with Gasteiger partial charge in [0.05, 0.1) is 12.8 Å². The maximum absolute atomic E-state index is 12.8. The van der Waals surface area contributed by atoms with E-state index < -0.39 is 0 Å². The Morgan fingerprint density at radius 3 is 1.41 bits per heavy atom. The van der Waals surface area contributed by atoms with Crippen molar-refractivity contribution in [2.45, 2.75) is 77.0 Å². The van der Waals surface area contributed by atoms with Crippen LogP contribution in [0, 0.1) is 0 Å². The molecule has 2 N–H and O–H groups in total. The molecule has 4 aromatic rings. The molecule has 10 nitrogen and oxygen atoms in total. The molecule has 2 amide bonds. The molecule has 2 aromatic carbocycles. The Hall–Kier alpha value is -4.16. The summed E-state index contributed by atoms with van der Waals surface area (Å²) in [4.78, 5) is 48.7. The minimum Gasteiger partial charge on any atom is -0.300 e. The van der Waals surface area contributed by atoms with E-state index in [9.17, 15) is 19.2 Å². The van der Waals surface area contributed by atoms with E-state index in [1.54, 1.807) is 13.8 Å². The van der Waals surface area contributed by atoms with E-state index in [1.807, 2.05) is 48.5 Å². The first-order valence-corrected chi connectivity index (χ1v) is 16.3. The van der Waals surface area contributed by atoms with Crippen molar-refractivity contribution >= 4 is 56.3 Å². The van der Waals surface area contributed by atoms with E-state index in [4.69, 9.17) is 0 Å². The van der Waals surface area contributed by atoms with E-state index >= 15 is 0 Å². The van der Waals surface area contributed by atoms with Gasteiger partial charge in [0.15, 0.2) is 0 Å². The van der Waals surface area contributed by atoms with Crippen LogP contribution in [-0.4, -0.2) is 43.8 Å². The summed E-state index contributed by atoms with van der Waals surface area (Å²) in [5.74, 6) is 0.0823. The Balaban J connectivity index is 1.16. The van der Waals surface area contributed by atoms with Gasteiger partial charge in [0.25, 0.3) is 0 Å². The first-order chi connectivity index (χ1) is 21.2. The second-order valence-corrected chi connectivity index (χ2v) is 13.2. The first-order valence-electron chi connectivity index (χ1n) is 14.6. The Morgan fingerprint density at radius 2 is 1.02 bits per heavy atom. The topological polar surface area (TPSA) is 144 Å². The number of rotatable bonds is 12. The fraction of sp³-hybridized carbons (Fsp3) is 0.375. The molecule has 0 unspecified atom stereocenters. The summed E-state index contributed by atoms with van der Waals surface area (Å²) in [6.07, 6.45) is 4.69. The molecule has 0 bridgehead atoms. The van der Waals surface area contributed by atoms with Crippen LogP contribution in [0.15, 0.2) is 48.5 Å². The van der Waals surface area contributed by atoms with Crippen LogP contribution in [-0.2, 0) is 44.9 Å². The molecular weight excluding hydrogens is 597 g/mol. The zero-order valence-corrected chi connectivity index (χ0v) is 26.3. The number of nitrogens with one attached hydrogen (secondary N) is 2. The summed E-state index contributed by atoms with van der Waals surface area (Å²) in [5.41, 5.74) is 3.36. The molecule has 2 heterocycles. The molecule has 2 aromatic heterocycles. The summed E-state index contributed by atoms with van der Waals surface area (Å²) >= 11 is 2.78. The number of hydrogen-bond donors (Lipinski definition) is 2. The Labute approximate surface area is 263 Å². The third-order valence-electron chi connectivity index (χ3n) is 7.56. The lowest BCUT2D eigenvalue weighted by molar-refractivity contribution is -0.117. The van der Waals surface area contributed by atoms with Crippen molar-refractivity contribution in [2.24, 2.45) is 0 Å². The van der Waals surface area contributed by atoms with Crippen molar-refractivity contribution in [1.29, 1.82) is 0 Å². The number of carbonyl (C=O) groups is 4. The highest BCUT2D eigenvalue weighted by molar-refractivity contribution is 7.15. The molecule has 1 fully saturated rings. The van der Waals surface area contributed by atoms with Crippen molar-refractivity contribution < 1.29 is 19.2 Å². The zero-order valence-electron chi connectivity index (χ0n) is 24.7. The molecule has 0 radical (unpaired) electrons. The molecule has 0 spiro atoms. The fourth-order valence-corrected chi connectivity index (χ4v) is 7.37. The standard InChI is InChI=1S/C32H34N6O4S2/c1-19(39)14-21-8-3-5-10-23(21)17-27(41)33-31-37-35-29(43-31)25-12-7-13-26(16-25)30-36-38-32(44-30)34-28(42)18-24-11-6-4-9-22(24)15-20(2)40/h3-6,8-11,25-26H,7,12-18H2,1-2H3,(H,33,37,41)(H,34,38,42)/t25-,26-/m0/s1. The van der Waals surface area contributed by atoms with Crippen LogP contribution in [0.1, 0.15) is 83.6 Å². The summed E-state index contributed by atoms with van der Waals surface area (Å²) in [5, 5.41) is 25.7. The Bertz CT molecular complexity index is 1550. The average molecular weight is 631 g/mol. The van der Waals surface area contributed by atoms with E-state index in [0.29, 0.717) is 23.1 Å². The number of hydrogen-bond acceptors (Lipinski definition) is 10. The highest BCUT2D eigenvalue weighted by Crippen LogP contribution is 2.43. The van der Waals surface area contributed by atoms with Gasteiger partial charge in [-0.15, -0.1) is 20.4 Å². The number of Topliss-reactive ketones (excluding diaryl/α,β-unsaturated/α-hetero) is 2. The van der Waals surface area contributed by atoms with E-state index in [1.165, 1.54) is 22.7 Å². The monoisotopic (exact) mass is 630 g/mol. The smallest absolute Gasteiger partial charge is 0.230 e. The molecule has 1 aliphatic rings. The van der Waals surface area contributed by atoms with Crippen LogP contribution in [0.5, 0.6) is 0 Å². The SMILES string of the molecule is CC(=O)Cc1ccccc1CC(=O)Nc1nnc([C@H]2CCC[C@H](c3nnc(NC(=O)Cc4ccccc4CC(C)=O)s3)C2)s1. The lowest BCUT2D eigenvalue weighted by Gasteiger charge is -2.25. The molecule has 44 heavy (non-hydrogen) atoms. The van der Waals surface area contributed by atoms with Gasteiger partial charge in [0.2, 0.25) is 22.1 Å². The minimum atomic E-state index is -0.198. The Kier molecular flexibility index (Phi) is 10.3. The second-order valence-electron chi connectivity index (χ2n) is 11.2. The van der Waals surface area contributed by atoms with Crippen molar-refractivity contribution in [3.05, 3.63) is 80.8 Å². The molecule has 228 valence electrons. The number of nitrogens with zero attached hydrogens (tertiary/aromatic N) is 4. The predicted octanol–water partition coefficient (Wildman–Crippen LogP) is 5.46. The number of ketones is 2. The van der Waals surface area contributed by atoms with Crippen LogP contribution in [0.3, 0.4) is 0 Å². The van der Waals surface area contributed by atoms with Gasteiger partial charge in [-0.1, -0.05) is 77.6 Å². The number of anilines is 2. The minimum absolute atomic E-state index is 0.0514. The molecule has 2 atom stereocenters. The van der Waals surface area contributed by atoms with Gasteiger partial charge in [-0.25, -0.2) is 0 Å². The number of carbonyl (C=O) groups excluding carboxylic acids is 4. The average Bonchev–Trinajstić information content (AvgIpc) is 3.65. The quantitative estimate of drug-likeness (QED) is 0.210. The first kappa shape index (κ1) is 31.3. The second kappa shape index (κ2) is 14.5. The highest BCUT2D eigenvalue weighted by Gasteiger charge is 2.29. The predicted molar refractivity (Wildman–Crippen MR) is 170 cm³/mol. The van der Waals surface area contributed by atoms with Gasteiger partial charge >= 0.3 is 0 Å². The summed E-state index contributed by atoms with van der Waals surface area (Å²) < 4.78 is 0. The van der Waals surface area contributed by atoms with Crippen LogP contribution >= 0.6 is 22.7 Å². The summed E-state index contributed by atoms with van der Waals surface area (Å²) in [7, 11) is 0. The van der Waals surface area contributed by atoms with Crippen molar-refractivity contribution in [3.63, 3.8) is 0 Å². The number of aromatic nitrogens is 4. The fourth-order valence-electron chi connectivity index (χ4n) is 5.55. The van der Waals surface area contributed by atoms with Gasteiger partial charge in [0.1, 0.15) is 21.6 Å². The molecule has 12 heteroatoms. The molecule has 0 aliphatic heterocycles. The van der Waals surface area contributed by atoms with Gasteiger partial charge < -0.3 is 10.6 Å². The molecule has 1 aliphatic carbocycles. The molecule has 0 saturated heterocycles. The summed E-state index contributed by atoms with van der Waals surface area (Å²) in [6, 6.07) is 14.9. The third kappa shape index (κ3) is 8.48. The van der Waals surface area contributed by atoms with Crippen molar-refractivity contribution in [3.8, 4) is 0 Å². The van der Waals surface area contributed by atoms with E-state index in [2.05, 4.69) is 31.0 Å². The zero-order chi connectivity index (χ0) is 31.1. The largest absolute Gasteiger partial charge is 0.300 e. The third-order valence-corrected chi connectivity index (χ3v) is 9.57. The lowest BCUT2D eigenvalue weighted by Crippen LogP contribution is -2.15. The van der Waals surface area contributed by atoms with Gasteiger partial charge in [-0.2, -0.15) is 0 Å². The van der Waals surface area contributed by atoms with Crippen LogP contribution < -0.4 is 10.6 Å². The van der Waals surface area contributed by atoms with Crippen LogP contribution in [0.25, 0.3) is 0 Å². The lowest BCUT2D eigenvalue weighted by atomic mass is 9.82. The van der Waals surface area contributed by atoms with Gasteiger partial charge in [-0.05, 0) is 55.4 Å². The van der Waals surface area contributed by atoms with Crippen molar-refractivity contribution in [2.75, 3.05) is 10.6 Å². The van der Waals surface area contributed by atoms with E-state index in [0.717, 1.165) is 58.0 Å². The van der Waals surface area contributed by atoms with Crippen LogP contribution in [0.2, 0.25) is 0 Å². The normalized spacial score (nSPS) is 16.3.